The van der Waals surface area contributed by atoms with Crippen LogP contribution in [-0.2, 0) is 11.2 Å². The van der Waals surface area contributed by atoms with E-state index in [1.165, 1.54) is 15.9 Å². The summed E-state index contributed by atoms with van der Waals surface area (Å²) < 4.78 is 5.68. The SMILES string of the molecule is CCOC(=O)c1c(Cc2ccccc2)ssc1=S. The molecule has 0 fully saturated rings. The van der Waals surface area contributed by atoms with E-state index in [4.69, 9.17) is 17.0 Å². The van der Waals surface area contributed by atoms with Gasteiger partial charge in [-0.3, -0.25) is 0 Å². The largest absolute Gasteiger partial charge is 0.462 e. The van der Waals surface area contributed by atoms with Crippen molar-refractivity contribution >= 4 is 38.9 Å². The smallest absolute Gasteiger partial charge is 0.341 e. The second-order valence-corrected chi connectivity index (χ2v) is 6.54. The van der Waals surface area contributed by atoms with Crippen molar-refractivity contribution in [3.8, 4) is 0 Å². The molecule has 0 aliphatic carbocycles. The molecule has 1 aromatic heterocycles. The van der Waals surface area contributed by atoms with E-state index < -0.39 is 0 Å². The molecule has 0 bridgehead atoms. The van der Waals surface area contributed by atoms with Crippen LogP contribution >= 0.6 is 32.9 Å². The molecule has 0 amide bonds. The molecule has 2 rings (SSSR count). The van der Waals surface area contributed by atoms with Gasteiger partial charge in [-0.2, -0.15) is 0 Å². The van der Waals surface area contributed by atoms with Crippen molar-refractivity contribution < 1.29 is 9.53 Å². The molecule has 0 aliphatic rings. The highest BCUT2D eigenvalue weighted by atomic mass is 32.9. The first kappa shape index (κ1) is 13.4. The van der Waals surface area contributed by atoms with E-state index in [1.54, 1.807) is 17.3 Å². The highest BCUT2D eigenvalue weighted by Crippen LogP contribution is 2.28. The summed E-state index contributed by atoms with van der Waals surface area (Å²) in [7, 11) is 3.02. The van der Waals surface area contributed by atoms with Gasteiger partial charge in [-0.15, -0.1) is 0 Å². The molecule has 0 atom stereocenters. The Hall–Kier alpha value is -1.04. The van der Waals surface area contributed by atoms with Gasteiger partial charge in [0.15, 0.2) is 0 Å². The number of esters is 1. The number of carbonyl (C=O) groups is 1. The van der Waals surface area contributed by atoms with Gasteiger partial charge in [0, 0.05) is 11.3 Å². The van der Waals surface area contributed by atoms with E-state index in [0.29, 0.717) is 16.0 Å². The summed E-state index contributed by atoms with van der Waals surface area (Å²) in [5, 5.41) is 0. The predicted molar refractivity (Wildman–Crippen MR) is 78.2 cm³/mol. The molecular weight excluding hydrogens is 284 g/mol. The van der Waals surface area contributed by atoms with Crippen LogP contribution < -0.4 is 0 Å². The van der Waals surface area contributed by atoms with Crippen molar-refractivity contribution in [1.82, 2.24) is 0 Å². The summed E-state index contributed by atoms with van der Waals surface area (Å²) in [5.41, 5.74) is 1.75. The number of ether oxygens (including phenoxy) is 1. The molecule has 1 heterocycles. The lowest BCUT2D eigenvalue weighted by Crippen LogP contribution is -2.06. The average Bonchev–Trinajstić information content (AvgIpc) is 2.72. The van der Waals surface area contributed by atoms with Crippen molar-refractivity contribution in [1.29, 1.82) is 0 Å². The topological polar surface area (TPSA) is 26.3 Å². The molecule has 0 radical (unpaired) electrons. The van der Waals surface area contributed by atoms with Crippen LogP contribution in [0.1, 0.15) is 27.7 Å². The summed E-state index contributed by atoms with van der Waals surface area (Å²) in [6, 6.07) is 10.0. The van der Waals surface area contributed by atoms with Crippen molar-refractivity contribution in [2.45, 2.75) is 13.3 Å². The fourth-order valence-electron chi connectivity index (χ4n) is 1.58. The lowest BCUT2D eigenvalue weighted by molar-refractivity contribution is 0.0525. The number of benzene rings is 1. The molecule has 5 heteroatoms. The first-order chi connectivity index (χ1) is 8.72. The molecule has 0 aliphatic heterocycles. The average molecular weight is 296 g/mol. The van der Waals surface area contributed by atoms with Crippen LogP contribution in [-0.4, -0.2) is 12.6 Å². The summed E-state index contributed by atoms with van der Waals surface area (Å²) in [5.74, 6) is -0.300. The van der Waals surface area contributed by atoms with Crippen LogP contribution in [0.25, 0.3) is 0 Å². The molecule has 0 spiro atoms. The number of hydrogen-bond acceptors (Lipinski definition) is 5. The van der Waals surface area contributed by atoms with Crippen molar-refractivity contribution in [2.75, 3.05) is 6.61 Å². The van der Waals surface area contributed by atoms with E-state index in [9.17, 15) is 4.79 Å². The molecule has 2 nitrogen and oxygen atoms in total. The lowest BCUT2D eigenvalue weighted by Gasteiger charge is -2.03. The van der Waals surface area contributed by atoms with E-state index in [0.717, 1.165) is 11.3 Å². The molecule has 94 valence electrons. The van der Waals surface area contributed by atoms with Crippen LogP contribution in [0.3, 0.4) is 0 Å². The van der Waals surface area contributed by atoms with Crippen molar-refractivity contribution in [3.63, 3.8) is 0 Å². The number of carbonyl (C=O) groups excluding carboxylic acids is 1. The van der Waals surface area contributed by atoms with E-state index in [-0.39, 0.29) is 5.97 Å². The summed E-state index contributed by atoms with van der Waals surface area (Å²) in [6.07, 6.45) is 0.729. The third-order valence-electron chi connectivity index (χ3n) is 2.39. The maximum Gasteiger partial charge on any atom is 0.341 e. The zero-order valence-corrected chi connectivity index (χ0v) is 12.3. The van der Waals surface area contributed by atoms with Crippen LogP contribution in [0.15, 0.2) is 30.3 Å². The van der Waals surface area contributed by atoms with Crippen LogP contribution in [0, 0.1) is 3.82 Å². The molecule has 0 saturated carbocycles. The summed E-state index contributed by atoms with van der Waals surface area (Å²) >= 11 is 5.21. The Morgan fingerprint density at radius 3 is 2.67 bits per heavy atom. The lowest BCUT2D eigenvalue weighted by atomic mass is 10.1. The van der Waals surface area contributed by atoms with Crippen LogP contribution in [0.5, 0.6) is 0 Å². The van der Waals surface area contributed by atoms with Gasteiger partial charge in [0.25, 0.3) is 0 Å². The number of rotatable bonds is 4. The molecule has 1 aromatic carbocycles. The Bertz CT molecular complexity index is 584. The summed E-state index contributed by atoms with van der Waals surface area (Å²) in [4.78, 5) is 12.9. The van der Waals surface area contributed by atoms with Gasteiger partial charge in [-0.05, 0) is 12.5 Å². The summed E-state index contributed by atoms with van der Waals surface area (Å²) in [6.45, 7) is 2.17. The quantitative estimate of drug-likeness (QED) is 0.478. The van der Waals surface area contributed by atoms with Crippen molar-refractivity contribution in [2.24, 2.45) is 0 Å². The van der Waals surface area contributed by atoms with Crippen molar-refractivity contribution in [3.05, 3.63) is 50.2 Å². The Morgan fingerprint density at radius 2 is 2.00 bits per heavy atom. The van der Waals surface area contributed by atoms with E-state index >= 15 is 0 Å². The fourth-order valence-corrected chi connectivity index (χ4v) is 4.39. The highest BCUT2D eigenvalue weighted by Gasteiger charge is 2.17. The second-order valence-electron chi connectivity index (χ2n) is 3.64. The maximum atomic E-state index is 11.9. The molecule has 2 aromatic rings. The van der Waals surface area contributed by atoms with Gasteiger partial charge in [0.05, 0.1) is 6.61 Å². The third kappa shape index (κ3) is 3.04. The molecular formula is C13H12O2S3. The van der Waals surface area contributed by atoms with Gasteiger partial charge in [-0.1, -0.05) is 63.2 Å². The monoisotopic (exact) mass is 296 g/mol. The third-order valence-corrected chi connectivity index (χ3v) is 5.50. The minimum absolute atomic E-state index is 0.300. The van der Waals surface area contributed by atoms with E-state index in [2.05, 4.69) is 0 Å². The standard InChI is InChI=1S/C13H12O2S3/c1-2-15-12(14)11-10(17-18-13(11)16)8-9-6-4-3-5-7-9/h3-7H,2,8H2,1H3. The van der Waals surface area contributed by atoms with Gasteiger partial charge in [0.1, 0.15) is 9.39 Å². The molecule has 18 heavy (non-hydrogen) atoms. The Labute approximate surface area is 118 Å². The zero-order chi connectivity index (χ0) is 13.0. The normalized spacial score (nSPS) is 10.3. The number of hydrogen-bond donors (Lipinski definition) is 0. The second kappa shape index (κ2) is 6.22. The zero-order valence-electron chi connectivity index (χ0n) is 9.84. The Balaban J connectivity index is 2.29. The highest BCUT2D eigenvalue weighted by molar-refractivity contribution is 7.79. The first-order valence-corrected chi connectivity index (χ1v) is 8.11. The molecule has 0 unspecified atom stereocenters. The minimum Gasteiger partial charge on any atom is -0.462 e. The Morgan fingerprint density at radius 1 is 1.28 bits per heavy atom. The molecule has 0 N–H and O–H groups in total. The van der Waals surface area contributed by atoms with Gasteiger partial charge < -0.3 is 4.74 Å². The van der Waals surface area contributed by atoms with Gasteiger partial charge >= 0.3 is 5.97 Å². The fraction of sp³-hybridized carbons (Fsp3) is 0.231. The Kier molecular flexibility index (Phi) is 4.63. The van der Waals surface area contributed by atoms with Crippen LogP contribution in [0.4, 0.5) is 0 Å². The van der Waals surface area contributed by atoms with Gasteiger partial charge in [-0.25, -0.2) is 4.79 Å². The predicted octanol–water partition coefficient (Wildman–Crippen LogP) is 4.31. The molecule has 0 saturated heterocycles. The van der Waals surface area contributed by atoms with Crippen LogP contribution in [0.2, 0.25) is 0 Å². The van der Waals surface area contributed by atoms with Gasteiger partial charge in [0.2, 0.25) is 0 Å². The first-order valence-electron chi connectivity index (χ1n) is 5.55. The minimum atomic E-state index is -0.300. The maximum absolute atomic E-state index is 11.9. The van der Waals surface area contributed by atoms with E-state index in [1.807, 2.05) is 30.3 Å².